The molecule has 1 aromatic rings. The summed E-state index contributed by atoms with van der Waals surface area (Å²) in [6.45, 7) is 5.48. The number of hydrogen-bond donors (Lipinski definition) is 1. The molecule has 0 aliphatic rings. The normalized spacial score (nSPS) is 10.9. The summed E-state index contributed by atoms with van der Waals surface area (Å²) in [7, 11) is 1.30. The Hall–Kier alpha value is -2.11. The molecule has 0 unspecified atom stereocenters. The molecule has 0 atom stereocenters. The fourth-order valence-electron chi connectivity index (χ4n) is 1.47. The van der Waals surface area contributed by atoms with E-state index in [0.717, 1.165) is 0 Å². The third-order valence-corrected chi connectivity index (χ3v) is 2.13. The van der Waals surface area contributed by atoms with Gasteiger partial charge in [0, 0.05) is 11.6 Å². The second kappa shape index (κ2) is 5.03. The molecule has 1 amide bonds. The Balaban J connectivity index is 3.21. The van der Waals surface area contributed by atoms with Gasteiger partial charge in [-0.25, -0.2) is 0 Å². The number of nitro benzene ring substituents is 1. The monoisotopic (exact) mass is 252 g/mol. The molecule has 0 bridgehead atoms. The second-order valence-corrected chi connectivity index (χ2v) is 4.82. The molecule has 0 aromatic heterocycles. The number of nitro groups is 1. The molecule has 0 aliphatic heterocycles. The molecule has 0 heterocycles. The highest BCUT2D eigenvalue weighted by atomic mass is 16.6. The summed E-state index contributed by atoms with van der Waals surface area (Å²) >= 11 is 0. The van der Waals surface area contributed by atoms with Crippen LogP contribution in [-0.4, -0.2) is 23.5 Å². The number of carbonyl (C=O) groups excluding carboxylic acids is 1. The van der Waals surface area contributed by atoms with E-state index in [0.29, 0.717) is 0 Å². The highest BCUT2D eigenvalue weighted by Gasteiger charge is 2.24. The number of benzene rings is 1. The number of ether oxygens (including phenoxy) is 1. The van der Waals surface area contributed by atoms with Crippen molar-refractivity contribution >= 4 is 11.6 Å². The first-order valence-electron chi connectivity index (χ1n) is 5.40. The fourth-order valence-corrected chi connectivity index (χ4v) is 1.47. The molecule has 1 N–H and O–H groups in total. The lowest BCUT2D eigenvalue weighted by Gasteiger charge is -2.21. The van der Waals surface area contributed by atoms with Crippen molar-refractivity contribution in [3.63, 3.8) is 0 Å². The van der Waals surface area contributed by atoms with Crippen LogP contribution in [0, 0.1) is 10.1 Å². The van der Waals surface area contributed by atoms with Gasteiger partial charge in [-0.3, -0.25) is 14.9 Å². The van der Waals surface area contributed by atoms with Crippen LogP contribution >= 0.6 is 0 Å². The molecule has 0 radical (unpaired) electrons. The van der Waals surface area contributed by atoms with Crippen LogP contribution in [0.3, 0.4) is 0 Å². The number of carbonyl (C=O) groups is 1. The van der Waals surface area contributed by atoms with Gasteiger partial charge in [0.1, 0.15) is 0 Å². The number of nitrogens with one attached hydrogen (secondary N) is 1. The first kappa shape index (κ1) is 14.0. The van der Waals surface area contributed by atoms with Gasteiger partial charge in [0.2, 0.25) is 5.75 Å². The van der Waals surface area contributed by atoms with E-state index in [-0.39, 0.29) is 17.0 Å². The van der Waals surface area contributed by atoms with Crippen LogP contribution < -0.4 is 10.1 Å². The van der Waals surface area contributed by atoms with Gasteiger partial charge in [0.25, 0.3) is 5.91 Å². The smallest absolute Gasteiger partial charge is 0.311 e. The minimum Gasteiger partial charge on any atom is -0.490 e. The van der Waals surface area contributed by atoms with Crippen LogP contribution in [0.25, 0.3) is 0 Å². The van der Waals surface area contributed by atoms with Gasteiger partial charge in [-0.15, -0.1) is 0 Å². The number of para-hydroxylation sites is 1. The average molecular weight is 252 g/mol. The molecular formula is C12H16N2O4. The number of nitrogens with zero attached hydrogens (tertiary/aromatic N) is 1. The molecule has 1 aromatic carbocycles. The maximum atomic E-state index is 12.0. The second-order valence-electron chi connectivity index (χ2n) is 4.82. The van der Waals surface area contributed by atoms with E-state index in [1.165, 1.54) is 25.3 Å². The van der Waals surface area contributed by atoms with Crippen LogP contribution in [0.1, 0.15) is 31.1 Å². The van der Waals surface area contributed by atoms with Gasteiger partial charge >= 0.3 is 5.69 Å². The van der Waals surface area contributed by atoms with Crippen molar-refractivity contribution in [1.29, 1.82) is 0 Å². The van der Waals surface area contributed by atoms with Crippen molar-refractivity contribution in [2.24, 2.45) is 0 Å². The Bertz CT molecular complexity index is 477. The van der Waals surface area contributed by atoms with Crippen molar-refractivity contribution in [3.8, 4) is 5.75 Å². The van der Waals surface area contributed by atoms with E-state index in [4.69, 9.17) is 4.74 Å². The van der Waals surface area contributed by atoms with Crippen LogP contribution in [0.2, 0.25) is 0 Å². The van der Waals surface area contributed by atoms with Gasteiger partial charge in [-0.05, 0) is 26.8 Å². The zero-order valence-electron chi connectivity index (χ0n) is 10.8. The van der Waals surface area contributed by atoms with E-state index in [1.54, 1.807) is 0 Å². The molecule has 6 heteroatoms. The van der Waals surface area contributed by atoms with E-state index < -0.39 is 16.4 Å². The fraction of sp³-hybridized carbons (Fsp3) is 0.417. The molecule has 1 rings (SSSR count). The zero-order valence-corrected chi connectivity index (χ0v) is 10.8. The first-order chi connectivity index (χ1) is 8.26. The summed E-state index contributed by atoms with van der Waals surface area (Å²) in [5.74, 6) is -0.424. The van der Waals surface area contributed by atoms with E-state index in [9.17, 15) is 14.9 Å². The lowest BCUT2D eigenvalue weighted by atomic mass is 10.1. The Morgan fingerprint density at radius 1 is 1.39 bits per heavy atom. The van der Waals surface area contributed by atoms with Gasteiger partial charge in [-0.1, -0.05) is 6.07 Å². The molecule has 0 saturated heterocycles. The Labute approximate surface area is 105 Å². The predicted octanol–water partition coefficient (Wildman–Crippen LogP) is 2.13. The summed E-state index contributed by atoms with van der Waals surface area (Å²) in [5.41, 5.74) is -0.493. The maximum Gasteiger partial charge on any atom is 0.311 e. The van der Waals surface area contributed by atoms with Crippen molar-refractivity contribution in [2.45, 2.75) is 26.3 Å². The van der Waals surface area contributed by atoms with Crippen LogP contribution in [0.15, 0.2) is 18.2 Å². The van der Waals surface area contributed by atoms with Crippen LogP contribution in [-0.2, 0) is 0 Å². The molecular weight excluding hydrogens is 236 g/mol. The van der Waals surface area contributed by atoms with Crippen LogP contribution in [0.5, 0.6) is 5.75 Å². The molecule has 98 valence electrons. The molecule has 0 saturated carbocycles. The molecule has 0 spiro atoms. The number of hydrogen-bond acceptors (Lipinski definition) is 4. The van der Waals surface area contributed by atoms with Crippen molar-refractivity contribution in [1.82, 2.24) is 5.32 Å². The average Bonchev–Trinajstić information content (AvgIpc) is 2.25. The lowest BCUT2D eigenvalue weighted by molar-refractivity contribution is -0.385. The predicted molar refractivity (Wildman–Crippen MR) is 66.9 cm³/mol. The van der Waals surface area contributed by atoms with Gasteiger partial charge in [0.15, 0.2) is 0 Å². The van der Waals surface area contributed by atoms with Crippen LogP contribution in [0.4, 0.5) is 5.69 Å². The summed E-state index contributed by atoms with van der Waals surface area (Å²) < 4.78 is 4.97. The zero-order chi connectivity index (χ0) is 13.9. The SMILES string of the molecule is COc1c(C(=O)NC(C)(C)C)cccc1[N+](=O)[O-]. The van der Waals surface area contributed by atoms with E-state index in [2.05, 4.69) is 5.32 Å². The highest BCUT2D eigenvalue weighted by molar-refractivity contribution is 5.98. The molecule has 18 heavy (non-hydrogen) atoms. The minimum atomic E-state index is -0.577. The van der Waals surface area contributed by atoms with Gasteiger partial charge < -0.3 is 10.1 Å². The Morgan fingerprint density at radius 2 is 2.00 bits per heavy atom. The quantitative estimate of drug-likeness (QED) is 0.660. The van der Waals surface area contributed by atoms with Gasteiger partial charge in [0.05, 0.1) is 17.6 Å². The summed E-state index contributed by atoms with van der Waals surface area (Å²) in [6.07, 6.45) is 0. The van der Waals surface area contributed by atoms with Crippen molar-refractivity contribution in [2.75, 3.05) is 7.11 Å². The lowest BCUT2D eigenvalue weighted by Crippen LogP contribution is -2.40. The summed E-state index contributed by atoms with van der Waals surface area (Å²) in [5, 5.41) is 13.6. The van der Waals surface area contributed by atoms with E-state index >= 15 is 0 Å². The number of rotatable bonds is 3. The van der Waals surface area contributed by atoms with Crippen molar-refractivity contribution < 1.29 is 14.5 Å². The standard InChI is InChI=1S/C12H16N2O4/c1-12(2,3)13-11(15)8-6-5-7-9(14(16)17)10(8)18-4/h5-7H,1-4H3,(H,13,15). The van der Waals surface area contributed by atoms with Gasteiger partial charge in [-0.2, -0.15) is 0 Å². The van der Waals surface area contributed by atoms with E-state index in [1.807, 2.05) is 20.8 Å². The molecule has 0 fully saturated rings. The largest absolute Gasteiger partial charge is 0.490 e. The minimum absolute atomic E-state index is 0.0238. The molecule has 0 aliphatic carbocycles. The third kappa shape index (κ3) is 3.19. The summed E-state index contributed by atoms with van der Waals surface area (Å²) in [6, 6.07) is 4.25. The van der Waals surface area contributed by atoms with Crippen molar-refractivity contribution in [3.05, 3.63) is 33.9 Å². The maximum absolute atomic E-state index is 12.0. The highest BCUT2D eigenvalue weighted by Crippen LogP contribution is 2.30. The topological polar surface area (TPSA) is 81.5 Å². The summed E-state index contributed by atoms with van der Waals surface area (Å²) in [4.78, 5) is 22.3. The third-order valence-electron chi connectivity index (χ3n) is 2.13. The number of amides is 1. The Morgan fingerprint density at radius 3 is 2.44 bits per heavy atom. The molecule has 6 nitrogen and oxygen atoms in total. The number of methoxy groups -OCH3 is 1. The Kier molecular flexibility index (Phi) is 3.90. The first-order valence-corrected chi connectivity index (χ1v) is 5.40.